The van der Waals surface area contributed by atoms with Gasteiger partial charge in [0.05, 0.1) is 18.2 Å². The topological polar surface area (TPSA) is 98.5 Å². The molecule has 0 spiro atoms. The third-order valence-electron chi connectivity index (χ3n) is 6.88. The first-order valence-corrected chi connectivity index (χ1v) is 14.9. The van der Waals surface area contributed by atoms with Crippen LogP contribution in [0, 0.1) is 6.57 Å². The molecule has 0 radical (unpaired) electrons. The van der Waals surface area contributed by atoms with Crippen molar-refractivity contribution in [2.45, 2.75) is 45.6 Å². The van der Waals surface area contributed by atoms with Gasteiger partial charge >= 0.3 is 5.97 Å². The van der Waals surface area contributed by atoms with E-state index in [0.717, 1.165) is 11.1 Å². The quantitative estimate of drug-likeness (QED) is 0.138. The van der Waals surface area contributed by atoms with Gasteiger partial charge in [0, 0.05) is 26.1 Å². The average molecular weight is 620 g/mol. The third kappa shape index (κ3) is 9.19. The predicted molar refractivity (Wildman–Crippen MR) is 175 cm³/mol. The maximum absolute atomic E-state index is 13.4. The Morgan fingerprint density at radius 3 is 2.04 bits per heavy atom. The highest BCUT2D eigenvalue weighted by molar-refractivity contribution is 5.98. The van der Waals surface area contributed by atoms with E-state index in [2.05, 4.69) is 10.2 Å². The van der Waals surface area contributed by atoms with Crippen LogP contribution in [0.1, 0.15) is 51.3 Å². The molecule has 2 amide bonds. The Bertz CT molecular complexity index is 1700. The molecular weight excluding hydrogens is 582 g/mol. The number of esters is 1. The van der Waals surface area contributed by atoms with E-state index in [-0.39, 0.29) is 42.9 Å². The number of carbonyl (C=O) groups is 3. The highest BCUT2D eigenvalue weighted by atomic mass is 16.5. The molecule has 0 saturated carbocycles. The molecule has 0 aliphatic heterocycles. The molecule has 0 aliphatic rings. The third-order valence-corrected chi connectivity index (χ3v) is 6.88. The van der Waals surface area contributed by atoms with Gasteiger partial charge in [0.15, 0.2) is 0 Å². The lowest BCUT2D eigenvalue weighted by molar-refractivity contribution is -0.147. The van der Waals surface area contributed by atoms with Crippen molar-refractivity contribution < 1.29 is 28.6 Å². The van der Waals surface area contributed by atoms with Crippen molar-refractivity contribution in [3.05, 3.63) is 136 Å². The Morgan fingerprint density at radius 2 is 1.43 bits per heavy atom. The van der Waals surface area contributed by atoms with E-state index in [1.54, 1.807) is 44.4 Å². The number of rotatable bonds is 13. The molecule has 1 N–H and O–H groups in total. The Labute approximate surface area is 269 Å². The van der Waals surface area contributed by atoms with Gasteiger partial charge in [-0.1, -0.05) is 66.7 Å². The van der Waals surface area contributed by atoms with Crippen molar-refractivity contribution in [3.63, 3.8) is 0 Å². The minimum atomic E-state index is -1.10. The first-order chi connectivity index (χ1) is 22.1. The maximum atomic E-state index is 13.4. The van der Waals surface area contributed by atoms with Gasteiger partial charge in [-0.15, -0.1) is 0 Å². The van der Waals surface area contributed by atoms with Crippen LogP contribution in [0.3, 0.4) is 0 Å². The summed E-state index contributed by atoms with van der Waals surface area (Å²) in [5.41, 5.74) is 3.05. The molecule has 4 aromatic rings. The summed E-state index contributed by atoms with van der Waals surface area (Å²) in [4.78, 5) is 45.0. The van der Waals surface area contributed by atoms with Crippen LogP contribution in [-0.2, 0) is 29.2 Å². The monoisotopic (exact) mass is 619 g/mol. The minimum absolute atomic E-state index is 0.0196. The Kier molecular flexibility index (Phi) is 11.5. The van der Waals surface area contributed by atoms with E-state index < -0.39 is 17.9 Å². The fourth-order valence-corrected chi connectivity index (χ4v) is 4.57. The minimum Gasteiger partial charge on any atom is -0.502 e. The second kappa shape index (κ2) is 15.9. The van der Waals surface area contributed by atoms with Crippen LogP contribution in [0.25, 0.3) is 4.85 Å². The summed E-state index contributed by atoms with van der Waals surface area (Å²) in [6.07, 6.45) is -0.112. The van der Waals surface area contributed by atoms with Crippen LogP contribution in [0.2, 0.25) is 0 Å². The maximum Gasteiger partial charge on any atom is 0.329 e. The number of benzene rings is 4. The zero-order valence-electron chi connectivity index (χ0n) is 26.4. The predicted octanol–water partition coefficient (Wildman–Crippen LogP) is 6.39. The lowest BCUT2D eigenvalue weighted by atomic mass is 10.0. The van der Waals surface area contributed by atoms with Crippen LogP contribution < -0.4 is 14.8 Å². The van der Waals surface area contributed by atoms with Gasteiger partial charge in [0.1, 0.15) is 30.8 Å². The summed E-state index contributed by atoms with van der Waals surface area (Å²) in [6.45, 7) is 11.5. The molecule has 46 heavy (non-hydrogen) atoms. The largest absolute Gasteiger partial charge is 0.502 e. The standard InChI is InChI=1S/C37H37N3O6/c1-25(2)46-34-19-17-29(22-31(34)38-3)35(41)39-32(37(43)45-24-27-14-10-7-11-15-27)21-28-16-18-33(30(20-28)36(42)40(4)5)44-23-26-12-8-6-9-13-26/h6-20,22,25,32H,21,23-24H2,1-2,4-5H3,(H,39,41)/t32-/m0/s1. The fourth-order valence-electron chi connectivity index (χ4n) is 4.57. The molecule has 0 fully saturated rings. The van der Waals surface area contributed by atoms with E-state index in [9.17, 15) is 14.4 Å². The second-order valence-electron chi connectivity index (χ2n) is 11.1. The molecular formula is C37H37N3O6. The number of hydrogen-bond donors (Lipinski definition) is 1. The summed E-state index contributed by atoms with van der Waals surface area (Å²) in [5, 5.41) is 2.78. The van der Waals surface area contributed by atoms with Gasteiger partial charge in [0.2, 0.25) is 5.69 Å². The molecule has 9 heteroatoms. The summed E-state index contributed by atoms with van der Waals surface area (Å²) >= 11 is 0. The molecule has 4 rings (SSSR count). The highest BCUT2D eigenvalue weighted by Gasteiger charge is 2.26. The molecule has 0 heterocycles. The molecule has 0 aromatic heterocycles. The fraction of sp³-hybridized carbons (Fsp3) is 0.243. The van der Waals surface area contributed by atoms with E-state index >= 15 is 0 Å². The number of hydrogen-bond acceptors (Lipinski definition) is 6. The summed E-state index contributed by atoms with van der Waals surface area (Å²) in [7, 11) is 3.30. The van der Waals surface area contributed by atoms with E-state index in [0.29, 0.717) is 22.6 Å². The van der Waals surface area contributed by atoms with E-state index in [1.165, 1.54) is 11.0 Å². The lowest BCUT2D eigenvalue weighted by Crippen LogP contribution is -2.43. The molecule has 9 nitrogen and oxygen atoms in total. The van der Waals surface area contributed by atoms with E-state index in [1.807, 2.05) is 74.5 Å². The zero-order valence-corrected chi connectivity index (χ0v) is 26.4. The van der Waals surface area contributed by atoms with Crippen molar-refractivity contribution in [2.24, 2.45) is 0 Å². The first-order valence-electron chi connectivity index (χ1n) is 14.9. The van der Waals surface area contributed by atoms with Crippen LogP contribution >= 0.6 is 0 Å². The molecule has 4 aromatic carbocycles. The van der Waals surface area contributed by atoms with Crippen LogP contribution in [0.4, 0.5) is 5.69 Å². The number of nitrogens with one attached hydrogen (secondary N) is 1. The van der Waals surface area contributed by atoms with Crippen LogP contribution in [0.15, 0.2) is 97.1 Å². The Morgan fingerprint density at radius 1 is 0.804 bits per heavy atom. The molecule has 1 atom stereocenters. The van der Waals surface area contributed by atoms with Crippen molar-refractivity contribution in [1.82, 2.24) is 10.2 Å². The second-order valence-corrected chi connectivity index (χ2v) is 11.1. The van der Waals surface area contributed by atoms with Crippen molar-refractivity contribution in [1.29, 1.82) is 0 Å². The number of amides is 2. The van der Waals surface area contributed by atoms with Crippen molar-refractivity contribution in [3.8, 4) is 11.5 Å². The summed E-state index contributed by atoms with van der Waals surface area (Å²) in [5.74, 6) is -0.711. The van der Waals surface area contributed by atoms with Gasteiger partial charge < -0.3 is 24.4 Å². The number of nitrogens with zero attached hydrogens (tertiary/aromatic N) is 2. The molecule has 0 unspecified atom stereocenters. The summed E-state index contributed by atoms with van der Waals surface area (Å²) < 4.78 is 17.3. The van der Waals surface area contributed by atoms with Crippen LogP contribution in [-0.4, -0.2) is 48.9 Å². The summed E-state index contributed by atoms with van der Waals surface area (Å²) in [6, 6.07) is 27.4. The first kappa shape index (κ1) is 33.3. The van der Waals surface area contributed by atoms with Gasteiger partial charge in [-0.25, -0.2) is 9.64 Å². The van der Waals surface area contributed by atoms with Gasteiger partial charge in [-0.3, -0.25) is 9.59 Å². The smallest absolute Gasteiger partial charge is 0.329 e. The molecule has 0 bridgehead atoms. The van der Waals surface area contributed by atoms with Crippen molar-refractivity contribution >= 4 is 23.5 Å². The SMILES string of the molecule is [C-]#[N+]c1cc(C(=O)N[C@@H](Cc2ccc(OCc3ccccc3)c(C(=O)N(C)C)c2)C(=O)OCc2ccccc2)ccc1OC(C)C. The number of carbonyl (C=O) groups excluding carboxylic acids is 3. The molecule has 0 aliphatic carbocycles. The zero-order chi connectivity index (χ0) is 33.1. The normalized spacial score (nSPS) is 11.2. The molecule has 236 valence electrons. The average Bonchev–Trinajstić information content (AvgIpc) is 3.06. The van der Waals surface area contributed by atoms with Crippen molar-refractivity contribution in [2.75, 3.05) is 14.1 Å². The highest BCUT2D eigenvalue weighted by Crippen LogP contribution is 2.30. The lowest BCUT2D eigenvalue weighted by Gasteiger charge is -2.20. The molecule has 0 saturated heterocycles. The van der Waals surface area contributed by atoms with Crippen LogP contribution in [0.5, 0.6) is 11.5 Å². The van der Waals surface area contributed by atoms with Gasteiger partial charge in [0.25, 0.3) is 11.8 Å². The Hall–Kier alpha value is -5.62. The number of ether oxygens (including phenoxy) is 3. The van der Waals surface area contributed by atoms with Gasteiger partial charge in [-0.2, -0.15) is 0 Å². The van der Waals surface area contributed by atoms with Gasteiger partial charge in [-0.05, 0) is 60.9 Å². The van der Waals surface area contributed by atoms with E-state index in [4.69, 9.17) is 20.8 Å². The Balaban J connectivity index is 1.60.